The molecule has 2 aliphatic rings. The molecule has 1 aromatic carbocycles. The fourth-order valence-corrected chi connectivity index (χ4v) is 4.43. The Kier molecular flexibility index (Phi) is 12.3. The van der Waals surface area contributed by atoms with E-state index in [-0.39, 0.29) is 30.1 Å². The zero-order valence-electron chi connectivity index (χ0n) is 20.5. The van der Waals surface area contributed by atoms with E-state index >= 15 is 0 Å². The summed E-state index contributed by atoms with van der Waals surface area (Å²) in [6.45, 7) is 13.0. The van der Waals surface area contributed by atoms with E-state index in [9.17, 15) is 4.79 Å². The maximum absolute atomic E-state index is 11.9. The molecule has 7 nitrogen and oxygen atoms in total. The molecule has 1 amide bonds. The van der Waals surface area contributed by atoms with Crippen molar-refractivity contribution < 1.29 is 9.53 Å². The number of guanidine groups is 1. The average Bonchev–Trinajstić information content (AvgIpc) is 2.81. The summed E-state index contributed by atoms with van der Waals surface area (Å²) in [4.78, 5) is 21.2. The number of hydrogen-bond donors (Lipinski definition) is 2. The van der Waals surface area contributed by atoms with Gasteiger partial charge in [0.05, 0.1) is 6.61 Å². The first-order valence-electron chi connectivity index (χ1n) is 12.3. The molecule has 0 atom stereocenters. The lowest BCUT2D eigenvalue weighted by Gasteiger charge is -2.33. The largest absolute Gasteiger partial charge is 0.450 e. The van der Waals surface area contributed by atoms with Crippen molar-refractivity contribution in [2.75, 3.05) is 45.9 Å². The summed E-state index contributed by atoms with van der Waals surface area (Å²) < 4.78 is 5.11. The van der Waals surface area contributed by atoms with Crippen LogP contribution in [0.1, 0.15) is 50.7 Å². The van der Waals surface area contributed by atoms with Crippen LogP contribution < -0.4 is 10.6 Å². The van der Waals surface area contributed by atoms with Crippen LogP contribution in [0.3, 0.4) is 0 Å². The van der Waals surface area contributed by atoms with Crippen LogP contribution in [0.4, 0.5) is 4.79 Å². The third-order valence-corrected chi connectivity index (χ3v) is 6.45. The third-order valence-electron chi connectivity index (χ3n) is 6.45. The zero-order chi connectivity index (χ0) is 22.8. The molecule has 2 N–H and O–H groups in total. The van der Waals surface area contributed by atoms with E-state index in [1.165, 1.54) is 24.0 Å². The number of halogens is 1. The average molecular weight is 572 g/mol. The number of nitrogens with one attached hydrogen (secondary N) is 2. The summed E-state index contributed by atoms with van der Waals surface area (Å²) in [6.07, 6.45) is 4.04. The predicted molar refractivity (Wildman–Crippen MR) is 145 cm³/mol. The molecule has 0 saturated carbocycles. The fourth-order valence-electron chi connectivity index (χ4n) is 4.43. The van der Waals surface area contributed by atoms with E-state index in [0.29, 0.717) is 18.6 Å². The normalized spacial score (nSPS) is 18.5. The fraction of sp³-hybridized carbons (Fsp3) is 0.680. The van der Waals surface area contributed by atoms with Crippen LogP contribution in [-0.4, -0.2) is 73.8 Å². The van der Waals surface area contributed by atoms with Gasteiger partial charge in [-0.3, -0.25) is 9.89 Å². The first-order chi connectivity index (χ1) is 15.6. The molecule has 1 aromatic rings. The van der Waals surface area contributed by atoms with Gasteiger partial charge in [-0.15, -0.1) is 24.0 Å². The Morgan fingerprint density at radius 3 is 2.33 bits per heavy atom. The number of amides is 1. The van der Waals surface area contributed by atoms with Crippen LogP contribution in [0.5, 0.6) is 0 Å². The molecule has 0 radical (unpaired) electrons. The van der Waals surface area contributed by atoms with Crippen molar-refractivity contribution in [3.63, 3.8) is 0 Å². The number of hydrogen-bond acceptors (Lipinski definition) is 4. The van der Waals surface area contributed by atoms with Crippen molar-refractivity contribution in [3.8, 4) is 0 Å². The second-order valence-corrected chi connectivity index (χ2v) is 9.03. The topological polar surface area (TPSA) is 69.2 Å². The maximum atomic E-state index is 11.9. The third kappa shape index (κ3) is 9.31. The van der Waals surface area contributed by atoms with E-state index < -0.39 is 0 Å². The van der Waals surface area contributed by atoms with Gasteiger partial charge < -0.3 is 20.3 Å². The lowest BCUT2D eigenvalue weighted by molar-refractivity contribution is 0.0963. The van der Waals surface area contributed by atoms with Gasteiger partial charge in [0.1, 0.15) is 0 Å². The first kappa shape index (κ1) is 27.7. The number of ether oxygens (including phenoxy) is 1. The van der Waals surface area contributed by atoms with Crippen molar-refractivity contribution in [1.82, 2.24) is 20.4 Å². The van der Waals surface area contributed by atoms with Gasteiger partial charge in [-0.1, -0.05) is 29.8 Å². The predicted octanol–water partition coefficient (Wildman–Crippen LogP) is 4.00. The Morgan fingerprint density at radius 2 is 1.73 bits per heavy atom. The highest BCUT2D eigenvalue weighted by Gasteiger charge is 2.24. The van der Waals surface area contributed by atoms with Crippen LogP contribution in [0.25, 0.3) is 0 Å². The van der Waals surface area contributed by atoms with Gasteiger partial charge >= 0.3 is 6.09 Å². The maximum Gasteiger partial charge on any atom is 0.409 e. The molecule has 8 heteroatoms. The SMILES string of the molecule is CCNC(=NCC1CCN(Cc2ccc(C)cc2)CC1)NC1CCN(C(=O)OCC)CC1.I. The smallest absolute Gasteiger partial charge is 0.409 e. The summed E-state index contributed by atoms with van der Waals surface area (Å²) in [5, 5.41) is 6.98. The van der Waals surface area contributed by atoms with E-state index in [4.69, 9.17) is 9.73 Å². The highest BCUT2D eigenvalue weighted by Crippen LogP contribution is 2.20. The second-order valence-electron chi connectivity index (χ2n) is 9.03. The van der Waals surface area contributed by atoms with Gasteiger partial charge in [-0.2, -0.15) is 0 Å². The van der Waals surface area contributed by atoms with Gasteiger partial charge in [0.25, 0.3) is 0 Å². The highest BCUT2D eigenvalue weighted by atomic mass is 127. The van der Waals surface area contributed by atoms with Gasteiger partial charge in [0.2, 0.25) is 0 Å². The Balaban J connectivity index is 0.00000385. The number of aliphatic imine (C=N–C) groups is 1. The molecule has 33 heavy (non-hydrogen) atoms. The molecule has 2 aliphatic heterocycles. The minimum absolute atomic E-state index is 0. The van der Waals surface area contributed by atoms with Crippen molar-refractivity contribution >= 4 is 36.0 Å². The van der Waals surface area contributed by atoms with Crippen molar-refractivity contribution in [3.05, 3.63) is 35.4 Å². The lowest BCUT2D eigenvalue weighted by atomic mass is 9.96. The standard InChI is InChI=1S/C25H41N5O2.HI/c1-4-26-24(28-23-12-16-30(17-13-23)25(31)32-5-2)27-18-21-10-14-29(15-11-21)19-22-8-6-20(3)7-9-22;/h6-9,21,23H,4-5,10-19H2,1-3H3,(H2,26,27,28);1H. The lowest BCUT2D eigenvalue weighted by Crippen LogP contribution is -2.50. The van der Waals surface area contributed by atoms with Crippen molar-refractivity contribution in [2.24, 2.45) is 10.9 Å². The van der Waals surface area contributed by atoms with Gasteiger partial charge in [-0.25, -0.2) is 4.79 Å². The number of benzene rings is 1. The zero-order valence-corrected chi connectivity index (χ0v) is 22.8. The molecule has 0 spiro atoms. The molecular formula is C25H42IN5O2. The molecule has 2 fully saturated rings. The first-order valence-corrected chi connectivity index (χ1v) is 12.3. The minimum atomic E-state index is -0.194. The number of rotatable bonds is 7. The van der Waals surface area contributed by atoms with Gasteiger partial charge in [0, 0.05) is 38.8 Å². The van der Waals surface area contributed by atoms with Crippen LogP contribution in [0.2, 0.25) is 0 Å². The van der Waals surface area contributed by atoms with Gasteiger partial charge in [0.15, 0.2) is 5.96 Å². The molecule has 186 valence electrons. The van der Waals surface area contributed by atoms with E-state index in [0.717, 1.165) is 64.6 Å². The molecule has 3 rings (SSSR count). The minimum Gasteiger partial charge on any atom is -0.450 e. The number of carbonyl (C=O) groups is 1. The molecule has 2 heterocycles. The molecule has 0 aliphatic carbocycles. The Labute approximate surface area is 216 Å². The number of carbonyl (C=O) groups excluding carboxylic acids is 1. The number of aryl methyl sites for hydroxylation is 1. The Bertz CT molecular complexity index is 727. The van der Waals surface area contributed by atoms with Crippen molar-refractivity contribution in [2.45, 2.75) is 59.0 Å². The monoisotopic (exact) mass is 571 g/mol. The number of likely N-dealkylation sites (tertiary alicyclic amines) is 2. The summed E-state index contributed by atoms with van der Waals surface area (Å²) in [7, 11) is 0. The van der Waals surface area contributed by atoms with Crippen LogP contribution in [-0.2, 0) is 11.3 Å². The van der Waals surface area contributed by atoms with E-state index in [1.54, 1.807) is 4.90 Å². The molecular weight excluding hydrogens is 529 g/mol. The molecule has 0 aromatic heterocycles. The van der Waals surface area contributed by atoms with E-state index in [1.807, 2.05) is 6.92 Å². The second kappa shape index (κ2) is 14.7. The Hall–Kier alpha value is -1.55. The summed E-state index contributed by atoms with van der Waals surface area (Å²) in [6, 6.07) is 9.24. The van der Waals surface area contributed by atoms with Crippen molar-refractivity contribution in [1.29, 1.82) is 0 Å². The van der Waals surface area contributed by atoms with E-state index in [2.05, 4.69) is 53.6 Å². The summed E-state index contributed by atoms with van der Waals surface area (Å²) in [5.41, 5.74) is 2.72. The quantitative estimate of drug-likeness (QED) is 0.294. The number of nitrogens with zero attached hydrogens (tertiary/aromatic N) is 3. The highest BCUT2D eigenvalue weighted by molar-refractivity contribution is 14.0. The summed E-state index contributed by atoms with van der Waals surface area (Å²) in [5.74, 6) is 1.55. The number of piperidine rings is 2. The summed E-state index contributed by atoms with van der Waals surface area (Å²) >= 11 is 0. The molecule has 0 bridgehead atoms. The van der Waals surface area contributed by atoms with Crippen LogP contribution in [0, 0.1) is 12.8 Å². The Morgan fingerprint density at radius 1 is 1.06 bits per heavy atom. The van der Waals surface area contributed by atoms with Gasteiger partial charge in [-0.05, 0) is 71.0 Å². The molecule has 0 unspecified atom stereocenters. The molecule has 2 saturated heterocycles. The van der Waals surface area contributed by atoms with Crippen LogP contribution in [0.15, 0.2) is 29.3 Å². The van der Waals surface area contributed by atoms with Crippen LogP contribution >= 0.6 is 24.0 Å².